The molecule has 0 spiro atoms. The summed E-state index contributed by atoms with van der Waals surface area (Å²) in [6, 6.07) is 15.3. The van der Waals surface area contributed by atoms with E-state index >= 15 is 0 Å². The van der Waals surface area contributed by atoms with Gasteiger partial charge in [0.05, 0.1) is 0 Å². The summed E-state index contributed by atoms with van der Waals surface area (Å²) < 4.78 is 0. The molecule has 5 heteroatoms. The molecule has 2 aromatic rings. The molecule has 2 aromatic carbocycles. The van der Waals surface area contributed by atoms with Crippen LogP contribution in [0.25, 0.3) is 0 Å². The Morgan fingerprint density at radius 2 is 1.81 bits per heavy atom. The first-order valence-corrected chi connectivity index (χ1v) is 9.00. The summed E-state index contributed by atoms with van der Waals surface area (Å²) in [5.41, 5.74) is 3.58. The van der Waals surface area contributed by atoms with Crippen molar-refractivity contribution in [1.29, 1.82) is 0 Å². The van der Waals surface area contributed by atoms with Gasteiger partial charge in [0.1, 0.15) is 0 Å². The van der Waals surface area contributed by atoms with E-state index in [2.05, 4.69) is 28.4 Å². The first-order chi connectivity index (χ1) is 12.5. The van der Waals surface area contributed by atoms with Crippen molar-refractivity contribution >= 4 is 23.2 Å². The molecule has 3 rings (SSSR count). The number of para-hydroxylation sites is 1. The molecule has 0 unspecified atom stereocenters. The number of carbonyl (C=O) groups is 2. The van der Waals surface area contributed by atoms with Crippen molar-refractivity contribution in [3.05, 3.63) is 59.7 Å². The third-order valence-electron chi connectivity index (χ3n) is 4.62. The van der Waals surface area contributed by atoms with Gasteiger partial charge in [-0.2, -0.15) is 0 Å². The Bertz CT molecular complexity index is 797. The van der Waals surface area contributed by atoms with Crippen LogP contribution in [0.3, 0.4) is 0 Å². The first kappa shape index (κ1) is 18.0. The number of hydrogen-bond donors (Lipinski definition) is 1. The second-order valence-corrected chi connectivity index (χ2v) is 6.75. The van der Waals surface area contributed by atoms with Gasteiger partial charge >= 0.3 is 0 Å². The average Bonchev–Trinajstić information content (AvgIpc) is 3.15. The molecule has 5 nitrogen and oxygen atoms in total. The highest BCUT2D eigenvalue weighted by Crippen LogP contribution is 2.26. The van der Waals surface area contributed by atoms with Crippen molar-refractivity contribution in [2.24, 2.45) is 0 Å². The predicted molar refractivity (Wildman–Crippen MR) is 104 cm³/mol. The van der Waals surface area contributed by atoms with Crippen molar-refractivity contribution in [3.8, 4) is 0 Å². The Morgan fingerprint density at radius 3 is 2.54 bits per heavy atom. The van der Waals surface area contributed by atoms with Crippen molar-refractivity contribution in [3.63, 3.8) is 0 Å². The maximum atomic E-state index is 12.8. The van der Waals surface area contributed by atoms with Crippen molar-refractivity contribution in [1.82, 2.24) is 4.90 Å². The molecular weight excluding hydrogens is 326 g/mol. The summed E-state index contributed by atoms with van der Waals surface area (Å²) >= 11 is 0. The van der Waals surface area contributed by atoms with E-state index in [4.69, 9.17) is 0 Å². The number of anilines is 2. The maximum absolute atomic E-state index is 12.8. The van der Waals surface area contributed by atoms with Gasteiger partial charge in [-0.3, -0.25) is 9.59 Å². The lowest BCUT2D eigenvalue weighted by molar-refractivity contribution is -0.114. The van der Waals surface area contributed by atoms with E-state index in [1.165, 1.54) is 25.5 Å². The fourth-order valence-electron chi connectivity index (χ4n) is 3.39. The molecule has 2 amide bonds. The van der Waals surface area contributed by atoms with E-state index in [1.54, 1.807) is 29.2 Å². The number of rotatable bonds is 5. The standard InChI is InChI=1S/C21H25N3O2/c1-16(25)22-19-10-7-9-17(14-19)21(26)23(2)15-18-8-3-4-11-20(18)24-12-5-6-13-24/h3-4,7-11,14H,5-6,12-13,15H2,1-2H3,(H,22,25). The van der Waals surface area contributed by atoms with E-state index in [9.17, 15) is 9.59 Å². The first-order valence-electron chi connectivity index (χ1n) is 9.00. The Balaban J connectivity index is 1.75. The van der Waals surface area contributed by atoms with Crippen LogP contribution in [0, 0.1) is 0 Å². The second kappa shape index (κ2) is 8.04. The molecule has 1 saturated heterocycles. The fraction of sp³-hybridized carbons (Fsp3) is 0.333. The van der Waals surface area contributed by atoms with E-state index in [0.29, 0.717) is 17.8 Å². The zero-order valence-electron chi connectivity index (χ0n) is 15.4. The highest BCUT2D eigenvalue weighted by Gasteiger charge is 2.18. The third kappa shape index (κ3) is 4.23. The number of amides is 2. The molecule has 0 saturated carbocycles. The second-order valence-electron chi connectivity index (χ2n) is 6.75. The molecule has 1 heterocycles. The highest BCUT2D eigenvalue weighted by molar-refractivity contribution is 5.96. The number of hydrogen-bond acceptors (Lipinski definition) is 3. The van der Waals surface area contributed by atoms with Gasteiger partial charge < -0.3 is 15.1 Å². The van der Waals surface area contributed by atoms with Crippen LogP contribution < -0.4 is 10.2 Å². The normalized spacial score (nSPS) is 13.5. The summed E-state index contributed by atoms with van der Waals surface area (Å²) in [7, 11) is 1.81. The van der Waals surface area contributed by atoms with Gasteiger partial charge in [-0.25, -0.2) is 0 Å². The van der Waals surface area contributed by atoms with Gasteiger partial charge in [0.2, 0.25) is 5.91 Å². The predicted octanol–water partition coefficient (Wildman–Crippen LogP) is 3.52. The van der Waals surface area contributed by atoms with Gasteiger partial charge in [0.15, 0.2) is 0 Å². The molecule has 0 bridgehead atoms. The summed E-state index contributed by atoms with van der Waals surface area (Å²) in [5.74, 6) is -0.212. The molecule has 1 aliphatic rings. The summed E-state index contributed by atoms with van der Waals surface area (Å²) in [6.45, 7) is 4.16. The van der Waals surface area contributed by atoms with Crippen LogP contribution in [0.2, 0.25) is 0 Å². The largest absolute Gasteiger partial charge is 0.371 e. The van der Waals surface area contributed by atoms with Gasteiger partial charge in [0, 0.05) is 50.5 Å². The molecule has 0 aromatic heterocycles. The van der Waals surface area contributed by atoms with E-state index in [1.807, 2.05) is 13.1 Å². The van der Waals surface area contributed by atoms with Gasteiger partial charge in [-0.05, 0) is 42.7 Å². The molecule has 1 fully saturated rings. The van der Waals surface area contributed by atoms with E-state index in [0.717, 1.165) is 18.7 Å². The Hall–Kier alpha value is -2.82. The van der Waals surface area contributed by atoms with Crippen molar-refractivity contribution in [2.75, 3.05) is 30.4 Å². The molecule has 1 N–H and O–H groups in total. The zero-order valence-corrected chi connectivity index (χ0v) is 15.4. The van der Waals surface area contributed by atoms with Crippen LogP contribution in [-0.4, -0.2) is 36.9 Å². The van der Waals surface area contributed by atoms with Crippen LogP contribution in [0.5, 0.6) is 0 Å². The minimum atomic E-state index is -0.150. The van der Waals surface area contributed by atoms with Crippen molar-refractivity contribution in [2.45, 2.75) is 26.3 Å². The van der Waals surface area contributed by atoms with Crippen LogP contribution in [-0.2, 0) is 11.3 Å². The third-order valence-corrected chi connectivity index (χ3v) is 4.62. The van der Waals surface area contributed by atoms with Crippen LogP contribution >= 0.6 is 0 Å². The number of nitrogens with one attached hydrogen (secondary N) is 1. The summed E-state index contributed by atoms with van der Waals surface area (Å²) in [6.07, 6.45) is 2.44. The molecule has 0 atom stereocenters. The fourth-order valence-corrected chi connectivity index (χ4v) is 3.39. The van der Waals surface area contributed by atoms with Gasteiger partial charge in [-0.1, -0.05) is 24.3 Å². The van der Waals surface area contributed by atoms with Crippen LogP contribution in [0.4, 0.5) is 11.4 Å². The minimum absolute atomic E-state index is 0.0616. The molecular formula is C21H25N3O2. The lowest BCUT2D eigenvalue weighted by Gasteiger charge is -2.24. The Morgan fingerprint density at radius 1 is 1.08 bits per heavy atom. The SMILES string of the molecule is CC(=O)Nc1cccc(C(=O)N(C)Cc2ccccc2N2CCCC2)c1. The molecule has 26 heavy (non-hydrogen) atoms. The summed E-state index contributed by atoms with van der Waals surface area (Å²) in [5, 5.41) is 2.72. The molecule has 0 radical (unpaired) electrons. The van der Waals surface area contributed by atoms with E-state index in [-0.39, 0.29) is 11.8 Å². The number of carbonyl (C=O) groups excluding carboxylic acids is 2. The topological polar surface area (TPSA) is 52.7 Å². The van der Waals surface area contributed by atoms with Crippen molar-refractivity contribution < 1.29 is 9.59 Å². The average molecular weight is 351 g/mol. The molecule has 136 valence electrons. The maximum Gasteiger partial charge on any atom is 0.253 e. The Kier molecular flexibility index (Phi) is 5.56. The minimum Gasteiger partial charge on any atom is -0.371 e. The van der Waals surface area contributed by atoms with E-state index < -0.39 is 0 Å². The van der Waals surface area contributed by atoms with Crippen LogP contribution in [0.15, 0.2) is 48.5 Å². The zero-order chi connectivity index (χ0) is 18.5. The monoisotopic (exact) mass is 351 g/mol. The quantitative estimate of drug-likeness (QED) is 0.897. The smallest absolute Gasteiger partial charge is 0.253 e. The highest BCUT2D eigenvalue weighted by atomic mass is 16.2. The molecule has 1 aliphatic heterocycles. The lowest BCUT2D eigenvalue weighted by Crippen LogP contribution is -2.28. The lowest BCUT2D eigenvalue weighted by atomic mass is 10.1. The number of nitrogens with zero attached hydrogens (tertiary/aromatic N) is 2. The Labute approximate surface area is 154 Å². The van der Waals surface area contributed by atoms with Gasteiger partial charge in [0.25, 0.3) is 5.91 Å². The van der Waals surface area contributed by atoms with Gasteiger partial charge in [-0.15, -0.1) is 0 Å². The molecule has 0 aliphatic carbocycles. The van der Waals surface area contributed by atoms with Crippen LogP contribution in [0.1, 0.15) is 35.7 Å². The summed E-state index contributed by atoms with van der Waals surface area (Å²) in [4.78, 5) is 28.2. The number of benzene rings is 2.